The summed E-state index contributed by atoms with van der Waals surface area (Å²) < 4.78 is 11.0. The van der Waals surface area contributed by atoms with E-state index in [1.165, 1.54) is 12.0 Å². The van der Waals surface area contributed by atoms with Crippen molar-refractivity contribution in [2.75, 3.05) is 33.4 Å². The second kappa shape index (κ2) is 12.4. The highest BCUT2D eigenvalue weighted by Gasteiger charge is 2.21. The molecular formula is C18H30IN3O2. The van der Waals surface area contributed by atoms with Gasteiger partial charge in [0, 0.05) is 33.2 Å². The SMILES string of the molecule is CCNC(=NCC1Cc2ccccc2O1)NCCCCCOC.I. The summed E-state index contributed by atoms with van der Waals surface area (Å²) in [5, 5.41) is 6.67. The molecule has 1 atom stereocenters. The number of nitrogens with one attached hydrogen (secondary N) is 2. The van der Waals surface area contributed by atoms with Crippen LogP contribution in [0, 0.1) is 0 Å². The predicted molar refractivity (Wildman–Crippen MR) is 110 cm³/mol. The van der Waals surface area contributed by atoms with Crippen LogP contribution in [0.5, 0.6) is 5.75 Å². The Kier molecular flexibility index (Phi) is 10.8. The number of guanidine groups is 1. The fourth-order valence-corrected chi connectivity index (χ4v) is 2.65. The number of unbranched alkanes of at least 4 members (excludes halogenated alkanes) is 2. The summed E-state index contributed by atoms with van der Waals surface area (Å²) in [7, 11) is 1.75. The van der Waals surface area contributed by atoms with Crippen molar-refractivity contribution in [1.82, 2.24) is 10.6 Å². The molecule has 1 aromatic carbocycles. The van der Waals surface area contributed by atoms with Crippen molar-refractivity contribution < 1.29 is 9.47 Å². The number of hydrogen-bond acceptors (Lipinski definition) is 3. The zero-order valence-corrected chi connectivity index (χ0v) is 17.0. The average Bonchev–Trinajstić information content (AvgIpc) is 2.98. The molecule has 24 heavy (non-hydrogen) atoms. The molecule has 6 heteroatoms. The third-order valence-electron chi connectivity index (χ3n) is 3.83. The molecule has 2 rings (SSSR count). The maximum atomic E-state index is 5.93. The van der Waals surface area contributed by atoms with E-state index >= 15 is 0 Å². The Labute approximate surface area is 162 Å². The lowest BCUT2D eigenvalue weighted by Crippen LogP contribution is -2.38. The number of halogens is 1. The predicted octanol–water partition coefficient (Wildman–Crippen LogP) is 2.98. The number of para-hydroxylation sites is 1. The molecule has 0 spiro atoms. The van der Waals surface area contributed by atoms with Crippen molar-refractivity contribution in [2.45, 2.75) is 38.7 Å². The topological polar surface area (TPSA) is 54.9 Å². The first kappa shape index (κ1) is 21.0. The van der Waals surface area contributed by atoms with E-state index in [1.54, 1.807) is 7.11 Å². The Morgan fingerprint density at radius 1 is 1.25 bits per heavy atom. The minimum atomic E-state index is 0. The molecule has 0 amide bonds. The number of fused-ring (bicyclic) bond motifs is 1. The number of rotatable bonds is 9. The molecule has 1 aliphatic rings. The van der Waals surface area contributed by atoms with Gasteiger partial charge in [-0.05, 0) is 37.8 Å². The van der Waals surface area contributed by atoms with Gasteiger partial charge in [0.2, 0.25) is 0 Å². The van der Waals surface area contributed by atoms with Gasteiger partial charge in [-0.3, -0.25) is 0 Å². The summed E-state index contributed by atoms with van der Waals surface area (Å²) >= 11 is 0. The van der Waals surface area contributed by atoms with Gasteiger partial charge in [0.15, 0.2) is 5.96 Å². The van der Waals surface area contributed by atoms with Crippen LogP contribution in [0.2, 0.25) is 0 Å². The first-order valence-electron chi connectivity index (χ1n) is 8.59. The quantitative estimate of drug-likeness (QED) is 0.265. The highest BCUT2D eigenvalue weighted by atomic mass is 127. The van der Waals surface area contributed by atoms with E-state index in [2.05, 4.69) is 34.7 Å². The zero-order chi connectivity index (χ0) is 16.3. The van der Waals surface area contributed by atoms with Crippen molar-refractivity contribution in [3.8, 4) is 5.75 Å². The van der Waals surface area contributed by atoms with Gasteiger partial charge in [0.25, 0.3) is 0 Å². The van der Waals surface area contributed by atoms with Gasteiger partial charge < -0.3 is 20.1 Å². The molecule has 1 heterocycles. The van der Waals surface area contributed by atoms with Gasteiger partial charge in [0.1, 0.15) is 11.9 Å². The summed E-state index contributed by atoms with van der Waals surface area (Å²) in [6.45, 7) is 5.39. The first-order chi connectivity index (χ1) is 11.3. The molecule has 0 aromatic heterocycles. The monoisotopic (exact) mass is 447 g/mol. The maximum absolute atomic E-state index is 5.93. The number of hydrogen-bond donors (Lipinski definition) is 2. The Morgan fingerprint density at radius 2 is 2.08 bits per heavy atom. The van der Waals surface area contributed by atoms with E-state index in [0.29, 0.717) is 6.54 Å². The lowest BCUT2D eigenvalue weighted by atomic mass is 10.1. The zero-order valence-electron chi connectivity index (χ0n) is 14.7. The maximum Gasteiger partial charge on any atom is 0.191 e. The average molecular weight is 447 g/mol. The van der Waals surface area contributed by atoms with Crippen LogP contribution in [0.15, 0.2) is 29.3 Å². The first-order valence-corrected chi connectivity index (χ1v) is 8.59. The van der Waals surface area contributed by atoms with Crippen LogP contribution in [-0.2, 0) is 11.2 Å². The van der Waals surface area contributed by atoms with Crippen LogP contribution in [0.4, 0.5) is 0 Å². The van der Waals surface area contributed by atoms with Crippen LogP contribution >= 0.6 is 24.0 Å². The number of aliphatic imine (C=N–C) groups is 1. The van der Waals surface area contributed by atoms with E-state index in [4.69, 9.17) is 9.47 Å². The Morgan fingerprint density at radius 3 is 2.83 bits per heavy atom. The van der Waals surface area contributed by atoms with Gasteiger partial charge in [-0.1, -0.05) is 18.2 Å². The highest BCUT2D eigenvalue weighted by Crippen LogP contribution is 2.28. The number of methoxy groups -OCH3 is 1. The fraction of sp³-hybridized carbons (Fsp3) is 0.611. The van der Waals surface area contributed by atoms with Gasteiger partial charge in [-0.2, -0.15) is 0 Å². The minimum Gasteiger partial charge on any atom is -0.488 e. The van der Waals surface area contributed by atoms with Crippen molar-refractivity contribution in [1.29, 1.82) is 0 Å². The Hall–Kier alpha value is -1.02. The molecule has 0 aliphatic carbocycles. The normalized spacial score (nSPS) is 16.1. The lowest BCUT2D eigenvalue weighted by Gasteiger charge is -2.13. The summed E-state index contributed by atoms with van der Waals surface area (Å²) in [6, 6.07) is 8.23. The van der Waals surface area contributed by atoms with Crippen LogP contribution in [0.3, 0.4) is 0 Å². The standard InChI is InChI=1S/C18H29N3O2.HI/c1-3-19-18(20-11-7-4-8-12-22-2)21-14-16-13-15-9-5-6-10-17(15)23-16;/h5-6,9-10,16H,3-4,7-8,11-14H2,1-2H3,(H2,19,20,21);1H. The molecule has 0 bridgehead atoms. The lowest BCUT2D eigenvalue weighted by molar-refractivity contribution is 0.192. The van der Waals surface area contributed by atoms with Crippen LogP contribution in [0.1, 0.15) is 31.7 Å². The molecule has 136 valence electrons. The smallest absolute Gasteiger partial charge is 0.191 e. The fourth-order valence-electron chi connectivity index (χ4n) is 2.65. The highest BCUT2D eigenvalue weighted by molar-refractivity contribution is 14.0. The second-order valence-corrected chi connectivity index (χ2v) is 5.75. The van der Waals surface area contributed by atoms with Crippen molar-refractivity contribution in [3.05, 3.63) is 29.8 Å². The minimum absolute atomic E-state index is 0. The molecule has 1 aliphatic heterocycles. The van der Waals surface area contributed by atoms with Crippen LogP contribution < -0.4 is 15.4 Å². The molecule has 2 N–H and O–H groups in total. The van der Waals surface area contributed by atoms with E-state index in [9.17, 15) is 0 Å². The van der Waals surface area contributed by atoms with Crippen molar-refractivity contribution in [3.63, 3.8) is 0 Å². The summed E-state index contributed by atoms with van der Waals surface area (Å²) in [5.74, 6) is 1.88. The largest absolute Gasteiger partial charge is 0.488 e. The van der Waals surface area contributed by atoms with Crippen molar-refractivity contribution in [2.24, 2.45) is 4.99 Å². The Bertz CT molecular complexity index is 472. The molecule has 0 saturated carbocycles. The van der Waals surface area contributed by atoms with Gasteiger partial charge in [-0.25, -0.2) is 4.99 Å². The van der Waals surface area contributed by atoms with E-state index in [0.717, 1.165) is 50.7 Å². The van der Waals surface area contributed by atoms with E-state index in [1.807, 2.05) is 12.1 Å². The molecule has 0 fully saturated rings. The molecule has 0 radical (unpaired) electrons. The van der Waals surface area contributed by atoms with Crippen molar-refractivity contribution >= 4 is 29.9 Å². The summed E-state index contributed by atoms with van der Waals surface area (Å²) in [5.41, 5.74) is 1.28. The van der Waals surface area contributed by atoms with Gasteiger partial charge >= 0.3 is 0 Å². The van der Waals surface area contributed by atoms with Gasteiger partial charge in [-0.15, -0.1) is 24.0 Å². The Balaban J connectivity index is 0.00000288. The molecule has 1 unspecified atom stereocenters. The third kappa shape index (κ3) is 7.25. The van der Waals surface area contributed by atoms with Crippen LogP contribution in [0.25, 0.3) is 0 Å². The second-order valence-electron chi connectivity index (χ2n) is 5.75. The number of nitrogens with zero attached hydrogens (tertiary/aromatic N) is 1. The van der Waals surface area contributed by atoms with E-state index < -0.39 is 0 Å². The van der Waals surface area contributed by atoms with Crippen LogP contribution in [-0.4, -0.2) is 45.4 Å². The molecule has 0 saturated heterocycles. The summed E-state index contributed by atoms with van der Waals surface area (Å²) in [6.07, 6.45) is 4.49. The summed E-state index contributed by atoms with van der Waals surface area (Å²) in [4.78, 5) is 4.66. The van der Waals surface area contributed by atoms with E-state index in [-0.39, 0.29) is 30.1 Å². The van der Waals surface area contributed by atoms with Gasteiger partial charge in [0.05, 0.1) is 6.54 Å². The number of ether oxygens (including phenoxy) is 2. The third-order valence-corrected chi connectivity index (χ3v) is 3.83. The molecule has 5 nitrogen and oxygen atoms in total. The molecule has 1 aromatic rings. The number of benzene rings is 1. The molecular weight excluding hydrogens is 417 g/mol.